The van der Waals surface area contributed by atoms with E-state index in [4.69, 9.17) is 9.84 Å². The molecule has 4 heteroatoms. The van der Waals surface area contributed by atoms with E-state index in [2.05, 4.69) is 16.6 Å². The molecule has 1 atom stereocenters. The molecule has 80 valence electrons. The summed E-state index contributed by atoms with van der Waals surface area (Å²) >= 11 is 0. The van der Waals surface area contributed by atoms with E-state index in [1.165, 1.54) is 7.11 Å². The normalized spacial score (nSPS) is 12.4. The Bertz CT molecular complexity index is 247. The third-order valence-corrected chi connectivity index (χ3v) is 1.45. The molecule has 0 aromatic heterocycles. The van der Waals surface area contributed by atoms with Crippen molar-refractivity contribution in [3.8, 4) is 11.8 Å². The number of carbonyl (C=O) groups is 1. The summed E-state index contributed by atoms with van der Waals surface area (Å²) in [5, 5.41) is 8.90. The SMILES string of the molecule is COC(=O)OC(C)C#CC(C)(C)CO. The summed E-state index contributed by atoms with van der Waals surface area (Å²) in [6.45, 7) is 5.19. The van der Waals surface area contributed by atoms with Gasteiger partial charge in [0.05, 0.1) is 13.7 Å². The molecular formula is C10H16O4. The molecule has 0 bridgehead atoms. The molecule has 0 amide bonds. The molecule has 1 unspecified atom stereocenters. The molecule has 1 N–H and O–H groups in total. The van der Waals surface area contributed by atoms with E-state index in [0.29, 0.717) is 0 Å². The van der Waals surface area contributed by atoms with Crippen molar-refractivity contribution < 1.29 is 19.4 Å². The van der Waals surface area contributed by atoms with Crippen LogP contribution in [0, 0.1) is 17.3 Å². The van der Waals surface area contributed by atoms with Gasteiger partial charge in [-0.15, -0.1) is 0 Å². The Labute approximate surface area is 84.2 Å². The van der Waals surface area contributed by atoms with Crippen LogP contribution >= 0.6 is 0 Å². The Morgan fingerprint density at radius 3 is 2.57 bits per heavy atom. The maximum atomic E-state index is 10.7. The molecule has 0 aromatic rings. The molecular weight excluding hydrogens is 184 g/mol. The van der Waals surface area contributed by atoms with Gasteiger partial charge in [-0.1, -0.05) is 11.8 Å². The zero-order valence-electron chi connectivity index (χ0n) is 8.96. The number of aliphatic hydroxyl groups excluding tert-OH is 1. The first kappa shape index (κ1) is 12.8. The summed E-state index contributed by atoms with van der Waals surface area (Å²) in [4.78, 5) is 10.7. The zero-order chi connectivity index (χ0) is 11.2. The number of carbonyl (C=O) groups excluding carboxylic acids is 1. The predicted octanol–water partition coefficient (Wildman–Crippen LogP) is 1.18. The lowest BCUT2D eigenvalue weighted by Crippen LogP contribution is -2.16. The second kappa shape index (κ2) is 5.51. The van der Waals surface area contributed by atoms with Crippen LogP contribution in [0.5, 0.6) is 0 Å². The van der Waals surface area contributed by atoms with Gasteiger partial charge < -0.3 is 14.6 Å². The third-order valence-electron chi connectivity index (χ3n) is 1.45. The highest BCUT2D eigenvalue weighted by Gasteiger charge is 2.13. The highest BCUT2D eigenvalue weighted by molar-refractivity contribution is 5.60. The highest BCUT2D eigenvalue weighted by atomic mass is 16.7. The summed E-state index contributed by atoms with van der Waals surface area (Å²) in [5.41, 5.74) is -0.478. The van der Waals surface area contributed by atoms with Gasteiger partial charge in [0.25, 0.3) is 0 Å². The fraction of sp³-hybridized carbons (Fsp3) is 0.700. The van der Waals surface area contributed by atoms with Crippen LogP contribution in [0.3, 0.4) is 0 Å². The molecule has 0 fully saturated rings. The molecule has 0 radical (unpaired) electrons. The minimum Gasteiger partial charge on any atom is -0.438 e. The number of hydrogen-bond donors (Lipinski definition) is 1. The van der Waals surface area contributed by atoms with Crippen molar-refractivity contribution in [2.24, 2.45) is 5.41 Å². The van der Waals surface area contributed by atoms with Crippen LogP contribution in [0.25, 0.3) is 0 Å². The molecule has 4 nitrogen and oxygen atoms in total. The molecule has 0 rings (SSSR count). The largest absolute Gasteiger partial charge is 0.509 e. The predicted molar refractivity (Wildman–Crippen MR) is 51.6 cm³/mol. The lowest BCUT2D eigenvalue weighted by atomic mass is 9.96. The molecule has 0 aromatic carbocycles. The van der Waals surface area contributed by atoms with E-state index < -0.39 is 17.7 Å². The van der Waals surface area contributed by atoms with Gasteiger partial charge in [0.15, 0.2) is 6.10 Å². The molecule has 0 saturated carbocycles. The Hall–Kier alpha value is -1.21. The molecule has 14 heavy (non-hydrogen) atoms. The molecule has 0 saturated heterocycles. The van der Waals surface area contributed by atoms with Gasteiger partial charge in [-0.2, -0.15) is 0 Å². The minimum absolute atomic E-state index is 0.0368. The Morgan fingerprint density at radius 2 is 2.14 bits per heavy atom. The molecule has 0 aliphatic rings. The Balaban J connectivity index is 4.17. The van der Waals surface area contributed by atoms with Crippen LogP contribution in [0.15, 0.2) is 0 Å². The van der Waals surface area contributed by atoms with Gasteiger partial charge in [-0.05, 0) is 20.8 Å². The average molecular weight is 200 g/mol. The molecule has 0 aliphatic heterocycles. The first-order chi connectivity index (χ1) is 6.41. The van der Waals surface area contributed by atoms with E-state index in [-0.39, 0.29) is 6.61 Å². The monoisotopic (exact) mass is 200 g/mol. The van der Waals surface area contributed by atoms with Crippen molar-refractivity contribution in [3.05, 3.63) is 0 Å². The van der Waals surface area contributed by atoms with E-state index in [1.54, 1.807) is 20.8 Å². The standard InChI is InChI=1S/C10H16O4/c1-8(14-9(12)13-4)5-6-10(2,3)7-11/h8,11H,7H2,1-4H3. The van der Waals surface area contributed by atoms with E-state index >= 15 is 0 Å². The lowest BCUT2D eigenvalue weighted by Gasteiger charge is -2.13. The van der Waals surface area contributed by atoms with Crippen molar-refractivity contribution >= 4 is 6.16 Å². The summed E-state index contributed by atoms with van der Waals surface area (Å²) in [6.07, 6.45) is -1.29. The first-order valence-corrected chi connectivity index (χ1v) is 4.29. The van der Waals surface area contributed by atoms with E-state index in [0.717, 1.165) is 0 Å². The second-order valence-electron chi connectivity index (χ2n) is 3.53. The number of ether oxygens (including phenoxy) is 2. The van der Waals surface area contributed by atoms with Gasteiger partial charge in [-0.25, -0.2) is 4.79 Å². The molecule has 0 aliphatic carbocycles. The fourth-order valence-corrected chi connectivity index (χ4v) is 0.558. The average Bonchev–Trinajstić information content (AvgIpc) is 2.15. The van der Waals surface area contributed by atoms with Crippen molar-refractivity contribution in [1.82, 2.24) is 0 Å². The Morgan fingerprint density at radius 1 is 1.57 bits per heavy atom. The van der Waals surface area contributed by atoms with Gasteiger partial charge in [0, 0.05) is 5.41 Å². The summed E-state index contributed by atoms with van der Waals surface area (Å²) in [5.74, 6) is 5.51. The number of rotatable bonds is 2. The molecule has 0 heterocycles. The fourth-order valence-electron chi connectivity index (χ4n) is 0.558. The topological polar surface area (TPSA) is 55.8 Å². The van der Waals surface area contributed by atoms with Crippen molar-refractivity contribution in [2.45, 2.75) is 26.9 Å². The third kappa shape index (κ3) is 5.44. The van der Waals surface area contributed by atoms with Crippen molar-refractivity contribution in [1.29, 1.82) is 0 Å². The highest BCUT2D eigenvalue weighted by Crippen LogP contribution is 2.11. The quantitative estimate of drug-likeness (QED) is 0.537. The number of methoxy groups -OCH3 is 1. The van der Waals surface area contributed by atoms with Crippen LogP contribution in [-0.2, 0) is 9.47 Å². The second-order valence-corrected chi connectivity index (χ2v) is 3.53. The van der Waals surface area contributed by atoms with E-state index in [1.807, 2.05) is 0 Å². The maximum Gasteiger partial charge on any atom is 0.509 e. The first-order valence-electron chi connectivity index (χ1n) is 4.29. The Kier molecular flexibility index (Phi) is 5.03. The van der Waals surface area contributed by atoms with Gasteiger partial charge in [0.1, 0.15) is 0 Å². The smallest absolute Gasteiger partial charge is 0.438 e. The summed E-state index contributed by atoms with van der Waals surface area (Å²) in [7, 11) is 1.24. The minimum atomic E-state index is -0.756. The van der Waals surface area contributed by atoms with Gasteiger partial charge >= 0.3 is 6.16 Å². The van der Waals surface area contributed by atoms with Gasteiger partial charge in [0.2, 0.25) is 0 Å². The number of hydrogen-bond acceptors (Lipinski definition) is 4. The van der Waals surface area contributed by atoms with Crippen LogP contribution in [0.2, 0.25) is 0 Å². The summed E-state index contributed by atoms with van der Waals surface area (Å²) < 4.78 is 9.02. The zero-order valence-corrected chi connectivity index (χ0v) is 8.96. The van der Waals surface area contributed by atoms with Gasteiger partial charge in [-0.3, -0.25) is 0 Å². The van der Waals surface area contributed by atoms with Crippen molar-refractivity contribution in [3.63, 3.8) is 0 Å². The van der Waals surface area contributed by atoms with Crippen LogP contribution in [0.4, 0.5) is 4.79 Å². The van der Waals surface area contributed by atoms with Crippen molar-refractivity contribution in [2.75, 3.05) is 13.7 Å². The van der Waals surface area contributed by atoms with Crippen LogP contribution in [0.1, 0.15) is 20.8 Å². The summed E-state index contributed by atoms with van der Waals surface area (Å²) in [6, 6.07) is 0. The van der Waals surface area contributed by atoms with Crippen LogP contribution in [-0.4, -0.2) is 31.1 Å². The number of aliphatic hydroxyl groups is 1. The van der Waals surface area contributed by atoms with Crippen LogP contribution < -0.4 is 0 Å². The van der Waals surface area contributed by atoms with E-state index in [9.17, 15) is 4.79 Å². The lowest BCUT2D eigenvalue weighted by molar-refractivity contribution is 0.0602. The molecule has 0 spiro atoms. The maximum absolute atomic E-state index is 10.7.